The first-order valence-corrected chi connectivity index (χ1v) is 10.5. The number of rotatable bonds is 4. The van der Waals surface area contributed by atoms with Crippen molar-refractivity contribution >= 4 is 10.0 Å². The first-order chi connectivity index (χ1) is 11.4. The van der Waals surface area contributed by atoms with Crippen LogP contribution in [-0.2, 0) is 10.0 Å². The minimum atomic E-state index is -3.48. The van der Waals surface area contributed by atoms with E-state index in [2.05, 4.69) is 17.0 Å². The van der Waals surface area contributed by atoms with Crippen LogP contribution in [0.3, 0.4) is 0 Å². The Morgan fingerprint density at radius 3 is 2.25 bits per heavy atom. The quantitative estimate of drug-likeness (QED) is 0.830. The summed E-state index contributed by atoms with van der Waals surface area (Å²) in [5.74, 6) is 1.84. The number of hydrogen-bond donors (Lipinski definition) is 0. The van der Waals surface area contributed by atoms with Gasteiger partial charge in [-0.3, -0.25) is 0 Å². The number of piperidine rings is 2. The Balaban J connectivity index is 1.57. The summed E-state index contributed by atoms with van der Waals surface area (Å²) in [6, 6.07) is 0. The van der Waals surface area contributed by atoms with Gasteiger partial charge in [-0.25, -0.2) is 8.42 Å². The third-order valence-corrected chi connectivity index (χ3v) is 7.68. The van der Waals surface area contributed by atoms with E-state index in [0.29, 0.717) is 30.5 Å². The van der Waals surface area contributed by atoms with Crippen LogP contribution in [0.2, 0.25) is 0 Å². The van der Waals surface area contributed by atoms with E-state index in [1.54, 1.807) is 18.2 Å². The number of aryl methyl sites for hydroxylation is 2. The summed E-state index contributed by atoms with van der Waals surface area (Å²) in [6.07, 6.45) is 4.46. The van der Waals surface area contributed by atoms with E-state index in [9.17, 15) is 8.42 Å². The Kier molecular flexibility index (Phi) is 5.32. The van der Waals surface area contributed by atoms with Gasteiger partial charge in [0.1, 0.15) is 10.6 Å². The second kappa shape index (κ2) is 7.14. The van der Waals surface area contributed by atoms with Crippen LogP contribution in [0.15, 0.2) is 9.42 Å². The van der Waals surface area contributed by atoms with E-state index in [4.69, 9.17) is 4.52 Å². The highest BCUT2D eigenvalue weighted by Crippen LogP contribution is 2.28. The first-order valence-electron chi connectivity index (χ1n) is 9.03. The van der Waals surface area contributed by atoms with Crippen molar-refractivity contribution in [2.24, 2.45) is 11.8 Å². The fraction of sp³-hybridized carbons (Fsp3) is 0.824. The van der Waals surface area contributed by atoms with Gasteiger partial charge in [0.15, 0.2) is 5.76 Å². The molecule has 0 amide bonds. The van der Waals surface area contributed by atoms with Crippen molar-refractivity contribution in [3.05, 3.63) is 11.5 Å². The Morgan fingerprint density at radius 1 is 1.08 bits per heavy atom. The van der Waals surface area contributed by atoms with Gasteiger partial charge in [0.05, 0.1) is 0 Å². The van der Waals surface area contributed by atoms with Gasteiger partial charge in [-0.05, 0) is 64.5 Å². The number of likely N-dealkylation sites (tertiary alicyclic amines) is 1. The van der Waals surface area contributed by atoms with Gasteiger partial charge in [-0.15, -0.1) is 0 Å². The van der Waals surface area contributed by atoms with E-state index >= 15 is 0 Å². The van der Waals surface area contributed by atoms with Gasteiger partial charge >= 0.3 is 0 Å². The third kappa shape index (κ3) is 3.68. The summed E-state index contributed by atoms with van der Waals surface area (Å²) >= 11 is 0. The highest BCUT2D eigenvalue weighted by Gasteiger charge is 2.34. The largest absolute Gasteiger partial charge is 0.360 e. The zero-order valence-corrected chi connectivity index (χ0v) is 15.8. The van der Waals surface area contributed by atoms with Crippen molar-refractivity contribution in [1.82, 2.24) is 14.4 Å². The molecule has 0 radical (unpaired) electrons. The van der Waals surface area contributed by atoms with Crippen molar-refractivity contribution in [2.75, 3.05) is 32.7 Å². The predicted molar refractivity (Wildman–Crippen MR) is 92.3 cm³/mol. The van der Waals surface area contributed by atoms with E-state index in [-0.39, 0.29) is 4.90 Å². The monoisotopic (exact) mass is 355 g/mol. The molecule has 1 aromatic heterocycles. The molecule has 0 bridgehead atoms. The molecule has 2 fully saturated rings. The molecule has 2 aliphatic rings. The molecule has 0 aliphatic carbocycles. The molecule has 0 spiro atoms. The maximum atomic E-state index is 12.8. The third-order valence-electron chi connectivity index (χ3n) is 5.53. The van der Waals surface area contributed by atoms with Crippen LogP contribution in [0.4, 0.5) is 0 Å². The van der Waals surface area contributed by atoms with Crippen molar-refractivity contribution in [2.45, 2.75) is 51.3 Å². The molecular formula is C17H29N3O3S. The summed E-state index contributed by atoms with van der Waals surface area (Å²) < 4.78 is 32.3. The smallest absolute Gasteiger partial charge is 0.248 e. The van der Waals surface area contributed by atoms with Crippen molar-refractivity contribution in [3.8, 4) is 0 Å². The van der Waals surface area contributed by atoms with Crippen LogP contribution < -0.4 is 0 Å². The van der Waals surface area contributed by atoms with Crippen LogP contribution in [0.25, 0.3) is 0 Å². The summed E-state index contributed by atoms with van der Waals surface area (Å²) in [5.41, 5.74) is 0.456. The highest BCUT2D eigenvalue weighted by atomic mass is 32.2. The molecule has 0 atom stereocenters. The van der Waals surface area contributed by atoms with Crippen LogP contribution in [0.5, 0.6) is 0 Å². The lowest BCUT2D eigenvalue weighted by Crippen LogP contribution is -2.43. The first kappa shape index (κ1) is 17.9. The Labute approximate surface area is 145 Å². The lowest BCUT2D eigenvalue weighted by molar-refractivity contribution is 0.142. The maximum Gasteiger partial charge on any atom is 0.248 e. The van der Waals surface area contributed by atoms with Gasteiger partial charge in [-0.1, -0.05) is 12.1 Å². The molecule has 6 nitrogen and oxygen atoms in total. The van der Waals surface area contributed by atoms with E-state index in [0.717, 1.165) is 25.3 Å². The van der Waals surface area contributed by atoms with Crippen LogP contribution in [0.1, 0.15) is 44.1 Å². The lowest BCUT2D eigenvalue weighted by atomic mass is 9.94. The maximum absolute atomic E-state index is 12.8. The highest BCUT2D eigenvalue weighted by molar-refractivity contribution is 7.89. The molecule has 7 heteroatoms. The van der Waals surface area contributed by atoms with Gasteiger partial charge in [-0.2, -0.15) is 4.31 Å². The Bertz CT molecular complexity index is 635. The summed E-state index contributed by atoms with van der Waals surface area (Å²) in [5, 5.41) is 3.79. The van der Waals surface area contributed by atoms with Crippen LogP contribution >= 0.6 is 0 Å². The molecule has 2 aliphatic heterocycles. The van der Waals surface area contributed by atoms with Crippen LogP contribution in [-0.4, -0.2) is 55.5 Å². The normalized spacial score (nSPS) is 23.0. The van der Waals surface area contributed by atoms with Gasteiger partial charge in [0, 0.05) is 19.6 Å². The Hall–Kier alpha value is -0.920. The fourth-order valence-corrected chi connectivity index (χ4v) is 5.67. The average Bonchev–Trinajstić information content (AvgIpc) is 2.89. The average molecular weight is 356 g/mol. The standard InChI is InChI=1S/C17H29N3O3S/c1-13-4-8-19(9-5-13)12-16-6-10-20(11-7-16)24(21,22)17-14(2)18-23-15(17)3/h13,16H,4-12H2,1-3H3. The molecule has 24 heavy (non-hydrogen) atoms. The zero-order valence-electron chi connectivity index (χ0n) is 15.0. The lowest BCUT2D eigenvalue weighted by Gasteiger charge is -2.36. The number of sulfonamides is 1. The molecule has 1 aromatic rings. The van der Waals surface area contributed by atoms with Crippen molar-refractivity contribution in [3.63, 3.8) is 0 Å². The SMILES string of the molecule is Cc1noc(C)c1S(=O)(=O)N1CCC(CN2CCC(C)CC2)CC1. The van der Waals surface area contributed by atoms with E-state index in [1.807, 2.05) is 0 Å². The molecule has 3 heterocycles. The minimum Gasteiger partial charge on any atom is -0.360 e. The number of aromatic nitrogens is 1. The van der Waals surface area contributed by atoms with Gasteiger partial charge in [0.2, 0.25) is 10.0 Å². The molecule has 0 saturated carbocycles. The molecule has 2 saturated heterocycles. The fourth-order valence-electron chi connectivity index (χ4n) is 3.91. The Morgan fingerprint density at radius 2 is 1.71 bits per heavy atom. The second-order valence-electron chi connectivity index (χ2n) is 7.48. The van der Waals surface area contributed by atoms with E-state index in [1.165, 1.54) is 25.9 Å². The summed E-state index contributed by atoms with van der Waals surface area (Å²) in [6.45, 7) is 10.4. The number of hydrogen-bond acceptors (Lipinski definition) is 5. The topological polar surface area (TPSA) is 66.7 Å². The molecule has 0 aromatic carbocycles. The molecular weight excluding hydrogens is 326 g/mol. The molecule has 0 N–H and O–H groups in total. The zero-order chi connectivity index (χ0) is 17.3. The summed E-state index contributed by atoms with van der Waals surface area (Å²) in [7, 11) is -3.48. The van der Waals surface area contributed by atoms with Crippen molar-refractivity contribution < 1.29 is 12.9 Å². The van der Waals surface area contributed by atoms with Crippen LogP contribution in [0, 0.1) is 25.7 Å². The predicted octanol–water partition coefficient (Wildman–Crippen LogP) is 2.42. The second-order valence-corrected chi connectivity index (χ2v) is 9.36. The molecule has 3 rings (SSSR count). The van der Waals surface area contributed by atoms with Gasteiger partial charge in [0.25, 0.3) is 0 Å². The minimum absolute atomic E-state index is 0.256. The number of nitrogens with zero attached hydrogens (tertiary/aromatic N) is 3. The molecule has 0 unspecified atom stereocenters. The van der Waals surface area contributed by atoms with E-state index < -0.39 is 10.0 Å². The molecule has 136 valence electrons. The van der Waals surface area contributed by atoms with Crippen molar-refractivity contribution in [1.29, 1.82) is 0 Å². The van der Waals surface area contributed by atoms with Gasteiger partial charge < -0.3 is 9.42 Å². The summed E-state index contributed by atoms with van der Waals surface area (Å²) in [4.78, 5) is 2.81.